The van der Waals surface area contributed by atoms with E-state index in [4.69, 9.17) is 16.3 Å². The largest absolute Gasteiger partial charge is 0.378 e. The van der Waals surface area contributed by atoms with Crippen molar-refractivity contribution in [3.63, 3.8) is 0 Å². The minimum Gasteiger partial charge on any atom is -0.378 e. The maximum atomic E-state index is 6.68. The highest BCUT2D eigenvalue weighted by atomic mass is 35.5. The molecule has 28 heavy (non-hydrogen) atoms. The standard InChI is InChI=1S/C20H23ClN6O/c21-18-7-14-9-23-27(16-10-22-26(12-16)15-1-2-15)19(14)8-20(18)25-4-3-24-5-6-28-13-17(24)11-25/h7-10,12,15,17H,1-6,11,13H2/t17-/m1/s1. The number of fused-ring (bicyclic) bond motifs is 2. The summed E-state index contributed by atoms with van der Waals surface area (Å²) in [4.78, 5) is 4.92. The molecule has 6 rings (SSSR count). The molecule has 3 aromatic rings. The van der Waals surface area contributed by atoms with Crippen molar-refractivity contribution in [1.29, 1.82) is 0 Å². The van der Waals surface area contributed by atoms with E-state index in [0.29, 0.717) is 12.1 Å². The van der Waals surface area contributed by atoms with Gasteiger partial charge in [0.15, 0.2) is 0 Å². The van der Waals surface area contributed by atoms with Crippen molar-refractivity contribution in [3.05, 3.63) is 35.7 Å². The Morgan fingerprint density at radius 1 is 1.04 bits per heavy atom. The van der Waals surface area contributed by atoms with E-state index in [1.165, 1.54) is 12.8 Å². The van der Waals surface area contributed by atoms with Gasteiger partial charge in [0.2, 0.25) is 0 Å². The summed E-state index contributed by atoms with van der Waals surface area (Å²) in [7, 11) is 0. The predicted molar refractivity (Wildman–Crippen MR) is 109 cm³/mol. The Morgan fingerprint density at radius 2 is 1.96 bits per heavy atom. The van der Waals surface area contributed by atoms with E-state index < -0.39 is 0 Å². The van der Waals surface area contributed by atoms with Crippen LogP contribution in [0.15, 0.2) is 30.7 Å². The van der Waals surface area contributed by atoms with Gasteiger partial charge < -0.3 is 9.64 Å². The van der Waals surface area contributed by atoms with Crippen molar-refractivity contribution < 1.29 is 4.74 Å². The highest BCUT2D eigenvalue weighted by Crippen LogP contribution is 2.36. The maximum absolute atomic E-state index is 6.68. The molecule has 0 amide bonds. The van der Waals surface area contributed by atoms with Crippen LogP contribution in [-0.2, 0) is 4.74 Å². The molecule has 1 saturated carbocycles. The van der Waals surface area contributed by atoms with Crippen LogP contribution in [0.5, 0.6) is 0 Å². The van der Waals surface area contributed by atoms with E-state index >= 15 is 0 Å². The van der Waals surface area contributed by atoms with E-state index in [1.807, 2.05) is 23.1 Å². The first-order valence-corrected chi connectivity index (χ1v) is 10.4. The van der Waals surface area contributed by atoms with E-state index in [-0.39, 0.29) is 0 Å². The summed E-state index contributed by atoms with van der Waals surface area (Å²) in [5.74, 6) is 0. The Labute approximate surface area is 168 Å². The van der Waals surface area contributed by atoms with Gasteiger partial charge in [0, 0.05) is 31.6 Å². The Hall–Kier alpha value is -2.09. The molecule has 0 spiro atoms. The molecule has 0 unspecified atom stereocenters. The molecule has 0 N–H and O–H groups in total. The number of hydrogen-bond acceptors (Lipinski definition) is 5. The van der Waals surface area contributed by atoms with Crippen molar-refractivity contribution in [3.8, 4) is 5.69 Å². The summed E-state index contributed by atoms with van der Waals surface area (Å²) < 4.78 is 9.72. The van der Waals surface area contributed by atoms with Crippen LogP contribution in [0.4, 0.5) is 5.69 Å². The molecule has 3 aliphatic rings. The van der Waals surface area contributed by atoms with E-state index in [0.717, 1.165) is 66.7 Å². The number of hydrogen-bond donors (Lipinski definition) is 0. The Balaban J connectivity index is 1.35. The van der Waals surface area contributed by atoms with Gasteiger partial charge in [-0.2, -0.15) is 10.2 Å². The van der Waals surface area contributed by atoms with Gasteiger partial charge in [-0.3, -0.25) is 9.58 Å². The Morgan fingerprint density at radius 3 is 2.86 bits per heavy atom. The van der Waals surface area contributed by atoms with Crippen LogP contribution in [0, 0.1) is 0 Å². The number of morpholine rings is 1. The molecular weight excluding hydrogens is 376 g/mol. The second kappa shape index (κ2) is 6.47. The fourth-order valence-corrected chi connectivity index (χ4v) is 4.72. The van der Waals surface area contributed by atoms with Crippen LogP contribution >= 0.6 is 11.6 Å². The van der Waals surface area contributed by atoms with Crippen molar-refractivity contribution in [2.75, 3.05) is 44.3 Å². The zero-order valence-corrected chi connectivity index (χ0v) is 16.4. The van der Waals surface area contributed by atoms with Crippen molar-refractivity contribution in [1.82, 2.24) is 24.5 Å². The van der Waals surface area contributed by atoms with Gasteiger partial charge in [-0.15, -0.1) is 0 Å². The van der Waals surface area contributed by atoms with Gasteiger partial charge >= 0.3 is 0 Å². The fraction of sp³-hybridized carbons (Fsp3) is 0.500. The lowest BCUT2D eigenvalue weighted by Gasteiger charge is -2.44. The predicted octanol–water partition coefficient (Wildman–Crippen LogP) is 2.73. The highest BCUT2D eigenvalue weighted by Gasteiger charge is 2.30. The third-order valence-corrected chi connectivity index (χ3v) is 6.47. The third kappa shape index (κ3) is 2.80. The number of halogens is 1. The lowest BCUT2D eigenvalue weighted by molar-refractivity contribution is -0.0116. The molecule has 3 fully saturated rings. The molecule has 146 valence electrons. The Kier molecular flexibility index (Phi) is 3.89. The van der Waals surface area contributed by atoms with Gasteiger partial charge in [0.25, 0.3) is 0 Å². The quantitative estimate of drug-likeness (QED) is 0.679. The van der Waals surface area contributed by atoms with E-state index in [2.05, 4.69) is 36.9 Å². The molecule has 0 radical (unpaired) electrons. The number of piperazine rings is 1. The van der Waals surface area contributed by atoms with Gasteiger partial charge in [-0.05, 0) is 25.0 Å². The number of anilines is 1. The van der Waals surface area contributed by atoms with E-state index in [9.17, 15) is 0 Å². The number of nitrogens with zero attached hydrogens (tertiary/aromatic N) is 6. The average molecular weight is 399 g/mol. The first-order valence-electron chi connectivity index (χ1n) is 10.0. The molecule has 7 nitrogen and oxygen atoms in total. The van der Waals surface area contributed by atoms with Gasteiger partial charge in [0.1, 0.15) is 5.69 Å². The first-order chi connectivity index (χ1) is 13.8. The fourth-order valence-electron chi connectivity index (χ4n) is 4.42. The SMILES string of the molecule is Clc1cc2cnn(-c3cnn(C4CC4)c3)c2cc1N1CCN2CCOC[C@H]2C1. The van der Waals surface area contributed by atoms with Gasteiger partial charge in [0.05, 0.1) is 60.1 Å². The third-order valence-electron chi connectivity index (χ3n) is 6.17. The lowest BCUT2D eigenvalue weighted by atomic mass is 10.1. The summed E-state index contributed by atoms with van der Waals surface area (Å²) >= 11 is 6.68. The minimum absolute atomic E-state index is 0.441. The second-order valence-corrected chi connectivity index (χ2v) is 8.45. The molecule has 4 heterocycles. The topological polar surface area (TPSA) is 51.4 Å². The van der Waals surface area contributed by atoms with Crippen molar-refractivity contribution in [2.45, 2.75) is 24.9 Å². The molecule has 1 aromatic carbocycles. The van der Waals surface area contributed by atoms with Gasteiger partial charge in [-0.25, -0.2) is 4.68 Å². The zero-order valence-electron chi connectivity index (χ0n) is 15.7. The smallest absolute Gasteiger partial charge is 0.103 e. The zero-order chi connectivity index (χ0) is 18.7. The molecule has 8 heteroatoms. The number of benzene rings is 1. The Bertz CT molecular complexity index is 1030. The van der Waals surface area contributed by atoms with Crippen LogP contribution in [-0.4, -0.2) is 69.9 Å². The monoisotopic (exact) mass is 398 g/mol. The van der Waals surface area contributed by atoms with Crippen LogP contribution in [0.2, 0.25) is 5.02 Å². The highest BCUT2D eigenvalue weighted by molar-refractivity contribution is 6.34. The summed E-state index contributed by atoms with van der Waals surface area (Å²) in [5.41, 5.74) is 3.15. The van der Waals surface area contributed by atoms with Crippen LogP contribution in [0.3, 0.4) is 0 Å². The average Bonchev–Trinajstić information content (AvgIpc) is 3.31. The first kappa shape index (κ1) is 16.8. The number of rotatable bonds is 3. The summed E-state index contributed by atoms with van der Waals surface area (Å²) in [6.45, 7) is 5.65. The van der Waals surface area contributed by atoms with Crippen LogP contribution in [0.25, 0.3) is 16.6 Å². The normalized spacial score (nSPS) is 23.3. The molecule has 2 aliphatic heterocycles. The minimum atomic E-state index is 0.441. The second-order valence-electron chi connectivity index (χ2n) is 8.04. The molecule has 2 saturated heterocycles. The lowest BCUT2D eigenvalue weighted by Crippen LogP contribution is -2.58. The van der Waals surface area contributed by atoms with Crippen LogP contribution < -0.4 is 4.90 Å². The molecule has 0 bridgehead atoms. The number of ether oxygens (including phenoxy) is 1. The summed E-state index contributed by atoms with van der Waals surface area (Å²) in [6.07, 6.45) is 8.31. The summed E-state index contributed by atoms with van der Waals surface area (Å²) in [5, 5.41) is 11.0. The maximum Gasteiger partial charge on any atom is 0.103 e. The van der Waals surface area contributed by atoms with Gasteiger partial charge in [-0.1, -0.05) is 11.6 Å². The number of aromatic nitrogens is 4. The molecule has 2 aromatic heterocycles. The summed E-state index contributed by atoms with van der Waals surface area (Å²) in [6, 6.07) is 5.22. The molecular formula is C20H23ClN6O. The van der Waals surface area contributed by atoms with Crippen molar-refractivity contribution >= 4 is 28.2 Å². The molecule has 1 atom stereocenters. The van der Waals surface area contributed by atoms with Crippen LogP contribution in [0.1, 0.15) is 18.9 Å². The van der Waals surface area contributed by atoms with Crippen molar-refractivity contribution in [2.24, 2.45) is 0 Å². The van der Waals surface area contributed by atoms with E-state index in [1.54, 1.807) is 0 Å². The molecule has 1 aliphatic carbocycles.